The fourth-order valence-electron chi connectivity index (χ4n) is 1.37. The first-order valence-electron chi connectivity index (χ1n) is 5.05. The van der Waals surface area contributed by atoms with Crippen LogP contribution in [0.5, 0.6) is 0 Å². The van der Waals surface area contributed by atoms with Crippen LogP contribution in [0.3, 0.4) is 0 Å². The molecule has 0 bridgehead atoms. The number of aromatic nitrogens is 3. The van der Waals surface area contributed by atoms with Crippen LogP contribution in [0.15, 0.2) is 30.5 Å². The Hall–Kier alpha value is -1.88. The van der Waals surface area contributed by atoms with Crippen LogP contribution in [0.4, 0.5) is 5.69 Å². The summed E-state index contributed by atoms with van der Waals surface area (Å²) in [5.41, 5.74) is 8.22. The Morgan fingerprint density at radius 2 is 2.06 bits per heavy atom. The molecule has 0 unspecified atom stereocenters. The van der Waals surface area contributed by atoms with Crippen LogP contribution in [0.2, 0.25) is 0 Å². The van der Waals surface area contributed by atoms with Gasteiger partial charge in [0.2, 0.25) is 0 Å². The molecular formula is C11H14N4O. The predicted octanol–water partition coefficient (Wildman–Crippen LogP) is 1.04. The van der Waals surface area contributed by atoms with Gasteiger partial charge in [0.25, 0.3) is 0 Å². The van der Waals surface area contributed by atoms with E-state index < -0.39 is 0 Å². The highest BCUT2D eigenvalue weighted by atomic mass is 16.5. The van der Waals surface area contributed by atoms with Gasteiger partial charge in [-0.3, -0.25) is 0 Å². The molecule has 0 amide bonds. The fraction of sp³-hybridized carbons (Fsp3) is 0.273. The summed E-state index contributed by atoms with van der Waals surface area (Å²) < 4.78 is 6.71. The number of nitrogens with zero attached hydrogens (tertiary/aromatic N) is 3. The Morgan fingerprint density at radius 3 is 2.75 bits per heavy atom. The lowest BCUT2D eigenvalue weighted by Crippen LogP contribution is -1.95. The van der Waals surface area contributed by atoms with Gasteiger partial charge in [0.05, 0.1) is 24.2 Å². The highest BCUT2D eigenvalue weighted by Crippen LogP contribution is 2.10. The smallest absolute Gasteiger partial charge is 0.0854 e. The van der Waals surface area contributed by atoms with Gasteiger partial charge >= 0.3 is 0 Å². The molecule has 0 saturated heterocycles. The Balaban J connectivity index is 2.15. The summed E-state index contributed by atoms with van der Waals surface area (Å²) in [4.78, 5) is 0. The monoisotopic (exact) mass is 218 g/mol. The van der Waals surface area contributed by atoms with Crippen LogP contribution < -0.4 is 5.73 Å². The van der Waals surface area contributed by atoms with Crippen LogP contribution in [0, 0.1) is 0 Å². The number of rotatable bonds is 4. The van der Waals surface area contributed by atoms with Gasteiger partial charge < -0.3 is 10.5 Å². The van der Waals surface area contributed by atoms with E-state index in [1.807, 2.05) is 30.5 Å². The maximum atomic E-state index is 5.61. The second-order valence-electron chi connectivity index (χ2n) is 3.49. The minimum absolute atomic E-state index is 0.653. The van der Waals surface area contributed by atoms with Gasteiger partial charge in [-0.15, -0.1) is 5.10 Å². The average Bonchev–Trinajstić information content (AvgIpc) is 2.76. The molecule has 0 atom stereocenters. The van der Waals surface area contributed by atoms with Crippen molar-refractivity contribution in [3.63, 3.8) is 0 Å². The molecule has 2 aromatic rings. The van der Waals surface area contributed by atoms with E-state index in [1.165, 1.54) is 0 Å². The topological polar surface area (TPSA) is 66.0 Å². The molecule has 1 heterocycles. The molecule has 1 aromatic carbocycles. The standard InChI is InChI=1S/C11H14N4O/c1-16-7-6-10-8-15(14-13-10)11-4-2-9(12)3-5-11/h2-5,8H,6-7,12H2,1H3. The highest BCUT2D eigenvalue weighted by molar-refractivity contribution is 5.44. The van der Waals surface area contributed by atoms with Crippen LogP contribution >= 0.6 is 0 Å². The van der Waals surface area contributed by atoms with Gasteiger partial charge in [0, 0.05) is 19.2 Å². The van der Waals surface area contributed by atoms with Gasteiger partial charge in [-0.05, 0) is 24.3 Å². The molecule has 16 heavy (non-hydrogen) atoms. The van der Waals surface area contributed by atoms with Crippen LogP contribution in [-0.2, 0) is 11.2 Å². The molecule has 84 valence electrons. The number of nitrogen functional groups attached to an aromatic ring is 1. The number of hydrogen-bond donors (Lipinski definition) is 1. The van der Waals surface area contributed by atoms with Gasteiger partial charge in [0.15, 0.2) is 0 Å². The second-order valence-corrected chi connectivity index (χ2v) is 3.49. The summed E-state index contributed by atoms with van der Waals surface area (Å²) in [5.74, 6) is 0. The van der Waals surface area contributed by atoms with Gasteiger partial charge in [-0.25, -0.2) is 4.68 Å². The Bertz CT molecular complexity index is 449. The zero-order valence-corrected chi connectivity index (χ0v) is 9.13. The predicted molar refractivity (Wildman–Crippen MR) is 61.4 cm³/mol. The summed E-state index contributed by atoms with van der Waals surface area (Å²) >= 11 is 0. The SMILES string of the molecule is COCCc1cn(-c2ccc(N)cc2)nn1. The van der Waals surface area contributed by atoms with Crippen molar-refractivity contribution in [2.24, 2.45) is 0 Å². The van der Waals surface area contributed by atoms with Crippen molar-refractivity contribution >= 4 is 5.69 Å². The minimum Gasteiger partial charge on any atom is -0.399 e. The Morgan fingerprint density at radius 1 is 1.31 bits per heavy atom. The zero-order chi connectivity index (χ0) is 11.4. The van der Waals surface area contributed by atoms with E-state index in [4.69, 9.17) is 10.5 Å². The average molecular weight is 218 g/mol. The van der Waals surface area contributed by atoms with E-state index in [0.29, 0.717) is 6.61 Å². The van der Waals surface area contributed by atoms with Gasteiger partial charge in [-0.2, -0.15) is 0 Å². The van der Waals surface area contributed by atoms with E-state index in [9.17, 15) is 0 Å². The van der Waals surface area contributed by atoms with Crippen molar-refractivity contribution in [2.75, 3.05) is 19.5 Å². The number of ether oxygens (including phenoxy) is 1. The molecule has 2 N–H and O–H groups in total. The largest absolute Gasteiger partial charge is 0.399 e. The Kier molecular flexibility index (Phi) is 3.16. The van der Waals surface area contributed by atoms with Crippen molar-refractivity contribution in [2.45, 2.75) is 6.42 Å². The van der Waals surface area contributed by atoms with E-state index in [1.54, 1.807) is 11.8 Å². The van der Waals surface area contributed by atoms with Crippen LogP contribution in [0.1, 0.15) is 5.69 Å². The second kappa shape index (κ2) is 4.76. The normalized spacial score (nSPS) is 10.6. The molecule has 5 heteroatoms. The lowest BCUT2D eigenvalue weighted by Gasteiger charge is -1.99. The van der Waals surface area contributed by atoms with Crippen molar-refractivity contribution in [3.05, 3.63) is 36.2 Å². The first-order valence-corrected chi connectivity index (χ1v) is 5.05. The third-order valence-corrected chi connectivity index (χ3v) is 2.26. The third kappa shape index (κ3) is 2.38. The maximum absolute atomic E-state index is 5.61. The summed E-state index contributed by atoms with van der Waals surface area (Å²) in [6.45, 7) is 0.653. The molecule has 0 aliphatic carbocycles. The first kappa shape index (κ1) is 10.6. The number of benzene rings is 1. The molecule has 0 fully saturated rings. The van der Waals surface area contributed by atoms with E-state index in [2.05, 4.69) is 10.3 Å². The molecular weight excluding hydrogens is 204 g/mol. The molecule has 0 spiro atoms. The zero-order valence-electron chi connectivity index (χ0n) is 9.13. The third-order valence-electron chi connectivity index (χ3n) is 2.26. The summed E-state index contributed by atoms with van der Waals surface area (Å²) in [6, 6.07) is 7.49. The number of nitrogens with two attached hydrogens (primary N) is 1. The summed E-state index contributed by atoms with van der Waals surface area (Å²) in [5, 5.41) is 8.09. The van der Waals surface area contributed by atoms with Crippen molar-refractivity contribution in [3.8, 4) is 5.69 Å². The minimum atomic E-state index is 0.653. The van der Waals surface area contributed by atoms with Crippen molar-refractivity contribution in [1.82, 2.24) is 15.0 Å². The number of anilines is 1. The van der Waals surface area contributed by atoms with Gasteiger partial charge in [0.1, 0.15) is 0 Å². The fourth-order valence-corrected chi connectivity index (χ4v) is 1.37. The highest BCUT2D eigenvalue weighted by Gasteiger charge is 2.02. The van der Waals surface area contributed by atoms with Crippen LogP contribution in [-0.4, -0.2) is 28.7 Å². The van der Waals surface area contributed by atoms with Gasteiger partial charge in [-0.1, -0.05) is 5.21 Å². The molecule has 0 saturated carbocycles. The summed E-state index contributed by atoms with van der Waals surface area (Å²) in [7, 11) is 1.67. The maximum Gasteiger partial charge on any atom is 0.0854 e. The number of methoxy groups -OCH3 is 1. The molecule has 5 nitrogen and oxygen atoms in total. The quantitative estimate of drug-likeness (QED) is 0.779. The molecule has 0 aliphatic rings. The lowest BCUT2D eigenvalue weighted by molar-refractivity contribution is 0.201. The van der Waals surface area contributed by atoms with E-state index >= 15 is 0 Å². The van der Waals surface area contributed by atoms with E-state index in [0.717, 1.165) is 23.5 Å². The molecule has 0 radical (unpaired) electrons. The Labute approximate surface area is 93.8 Å². The molecule has 1 aromatic heterocycles. The lowest BCUT2D eigenvalue weighted by atomic mass is 10.3. The number of hydrogen-bond acceptors (Lipinski definition) is 4. The van der Waals surface area contributed by atoms with E-state index in [-0.39, 0.29) is 0 Å². The molecule has 2 rings (SSSR count). The summed E-state index contributed by atoms with van der Waals surface area (Å²) in [6.07, 6.45) is 2.66. The first-order chi connectivity index (χ1) is 7.79. The van der Waals surface area contributed by atoms with Crippen molar-refractivity contribution in [1.29, 1.82) is 0 Å². The van der Waals surface area contributed by atoms with Crippen molar-refractivity contribution < 1.29 is 4.74 Å². The molecule has 0 aliphatic heterocycles. The van der Waals surface area contributed by atoms with Crippen LogP contribution in [0.25, 0.3) is 5.69 Å².